The monoisotopic (exact) mass is 209 g/mol. The third-order valence-electron chi connectivity index (χ3n) is 3.00. The van der Waals surface area contributed by atoms with Crippen LogP contribution in [-0.4, -0.2) is 34.6 Å². The van der Waals surface area contributed by atoms with Crippen LogP contribution in [0.5, 0.6) is 0 Å². The van der Waals surface area contributed by atoms with Crippen LogP contribution in [0.25, 0.3) is 0 Å². The molecule has 4 heteroatoms. The van der Waals surface area contributed by atoms with Crippen molar-refractivity contribution in [2.45, 2.75) is 25.9 Å². The van der Waals surface area contributed by atoms with Crippen molar-refractivity contribution in [1.82, 2.24) is 4.90 Å². The summed E-state index contributed by atoms with van der Waals surface area (Å²) in [6, 6.07) is 1.67. The summed E-state index contributed by atoms with van der Waals surface area (Å²) in [7, 11) is 0. The molecule has 4 nitrogen and oxygen atoms in total. The van der Waals surface area contributed by atoms with Gasteiger partial charge in [0, 0.05) is 0 Å². The Labute approximate surface area is 88.5 Å². The number of amides is 1. The van der Waals surface area contributed by atoms with Crippen molar-refractivity contribution in [3.63, 3.8) is 0 Å². The number of furan rings is 1. The Kier molecular flexibility index (Phi) is 2.31. The minimum atomic E-state index is -0.673. The van der Waals surface area contributed by atoms with Gasteiger partial charge in [0.1, 0.15) is 5.76 Å². The van der Waals surface area contributed by atoms with Gasteiger partial charge in [0.25, 0.3) is 5.91 Å². The highest BCUT2D eigenvalue weighted by atomic mass is 16.3. The Morgan fingerprint density at radius 2 is 2.33 bits per heavy atom. The summed E-state index contributed by atoms with van der Waals surface area (Å²) in [6.45, 7) is 4.53. The molecule has 0 radical (unpaired) electrons. The van der Waals surface area contributed by atoms with Gasteiger partial charge in [-0.2, -0.15) is 0 Å². The average molecular weight is 209 g/mol. The number of nitrogens with zero attached hydrogens (tertiary/aromatic N) is 1. The van der Waals surface area contributed by atoms with Gasteiger partial charge in [-0.1, -0.05) is 6.92 Å². The van der Waals surface area contributed by atoms with Crippen LogP contribution in [0.3, 0.4) is 0 Å². The van der Waals surface area contributed by atoms with E-state index in [4.69, 9.17) is 4.42 Å². The number of hydrogen-bond donors (Lipinski definition) is 1. The second kappa shape index (κ2) is 3.38. The number of rotatable bonds is 2. The lowest BCUT2D eigenvalue weighted by molar-refractivity contribution is -0.0827. The van der Waals surface area contributed by atoms with E-state index in [2.05, 4.69) is 0 Å². The lowest BCUT2D eigenvalue weighted by Gasteiger charge is -2.46. The molecule has 2 heterocycles. The first-order valence-corrected chi connectivity index (χ1v) is 5.11. The Hall–Kier alpha value is -1.29. The summed E-state index contributed by atoms with van der Waals surface area (Å²) in [4.78, 5) is 13.5. The van der Waals surface area contributed by atoms with Gasteiger partial charge < -0.3 is 14.4 Å². The lowest BCUT2D eigenvalue weighted by Crippen LogP contribution is -2.63. The van der Waals surface area contributed by atoms with E-state index < -0.39 is 5.60 Å². The van der Waals surface area contributed by atoms with Crippen LogP contribution in [0.2, 0.25) is 0 Å². The van der Waals surface area contributed by atoms with Gasteiger partial charge in [-0.3, -0.25) is 4.79 Å². The molecule has 0 atom stereocenters. The number of carbonyl (C=O) groups is 1. The van der Waals surface area contributed by atoms with E-state index in [9.17, 15) is 9.90 Å². The predicted octanol–water partition coefficient (Wildman–Crippen LogP) is 1.18. The lowest BCUT2D eigenvalue weighted by atomic mass is 9.91. The number of β-amino-alcohol motifs (C(OH)–C–C–N with tert-alkyl or cyclic N) is 1. The van der Waals surface area contributed by atoms with E-state index in [-0.39, 0.29) is 5.91 Å². The molecule has 1 fully saturated rings. The molecule has 0 aromatic carbocycles. The van der Waals surface area contributed by atoms with Crippen molar-refractivity contribution in [1.29, 1.82) is 0 Å². The highest BCUT2D eigenvalue weighted by molar-refractivity contribution is 5.95. The van der Waals surface area contributed by atoms with Gasteiger partial charge in [-0.15, -0.1) is 0 Å². The zero-order chi connectivity index (χ0) is 11.1. The van der Waals surface area contributed by atoms with Crippen LogP contribution in [0.4, 0.5) is 0 Å². The number of carbonyl (C=O) groups excluding carboxylic acids is 1. The Balaban J connectivity index is 2.04. The van der Waals surface area contributed by atoms with Crippen molar-refractivity contribution in [2.24, 2.45) is 0 Å². The molecule has 1 N–H and O–H groups in total. The fourth-order valence-electron chi connectivity index (χ4n) is 1.81. The molecule has 1 aromatic rings. The molecule has 15 heavy (non-hydrogen) atoms. The van der Waals surface area contributed by atoms with Gasteiger partial charge >= 0.3 is 0 Å². The molecule has 1 aliphatic rings. The summed E-state index contributed by atoms with van der Waals surface area (Å²) >= 11 is 0. The number of likely N-dealkylation sites (tertiary alicyclic amines) is 1. The third-order valence-corrected chi connectivity index (χ3v) is 3.00. The summed E-state index contributed by atoms with van der Waals surface area (Å²) in [5.74, 6) is 0.575. The summed E-state index contributed by atoms with van der Waals surface area (Å²) in [6.07, 6.45) is 2.19. The maximum Gasteiger partial charge on any atom is 0.257 e. The molecule has 1 saturated heterocycles. The average Bonchev–Trinajstić information content (AvgIpc) is 2.58. The molecule has 82 valence electrons. The van der Waals surface area contributed by atoms with E-state index in [1.54, 1.807) is 17.9 Å². The molecule has 0 unspecified atom stereocenters. The van der Waals surface area contributed by atoms with E-state index in [1.807, 2.05) is 6.92 Å². The maximum absolute atomic E-state index is 11.9. The topological polar surface area (TPSA) is 53.7 Å². The second-order valence-electron chi connectivity index (χ2n) is 4.13. The van der Waals surface area contributed by atoms with Crippen LogP contribution < -0.4 is 0 Å². The van der Waals surface area contributed by atoms with Crippen molar-refractivity contribution in [3.05, 3.63) is 23.7 Å². The number of hydrogen-bond acceptors (Lipinski definition) is 3. The fraction of sp³-hybridized carbons (Fsp3) is 0.545. The highest BCUT2D eigenvalue weighted by Crippen LogP contribution is 2.26. The summed E-state index contributed by atoms with van der Waals surface area (Å²) in [5.41, 5.74) is -0.0824. The predicted molar refractivity (Wildman–Crippen MR) is 54.6 cm³/mol. The Morgan fingerprint density at radius 3 is 2.80 bits per heavy atom. The molecular formula is C11H15NO3. The van der Waals surface area contributed by atoms with Crippen molar-refractivity contribution in [2.75, 3.05) is 13.1 Å². The van der Waals surface area contributed by atoms with Crippen LogP contribution in [0.15, 0.2) is 16.7 Å². The third kappa shape index (κ3) is 1.65. The molecule has 0 aliphatic carbocycles. The smallest absolute Gasteiger partial charge is 0.257 e. The molecule has 0 spiro atoms. The molecule has 1 amide bonds. The van der Waals surface area contributed by atoms with E-state index in [1.165, 1.54) is 6.26 Å². The van der Waals surface area contributed by atoms with Crippen LogP contribution in [0.1, 0.15) is 29.5 Å². The molecule has 1 aromatic heterocycles. The zero-order valence-electron chi connectivity index (χ0n) is 8.99. The second-order valence-corrected chi connectivity index (χ2v) is 4.13. The van der Waals surface area contributed by atoms with Crippen LogP contribution >= 0.6 is 0 Å². The summed E-state index contributed by atoms with van der Waals surface area (Å²) in [5, 5.41) is 9.79. The van der Waals surface area contributed by atoms with Crippen molar-refractivity contribution < 1.29 is 14.3 Å². The molecule has 0 bridgehead atoms. The van der Waals surface area contributed by atoms with Crippen molar-refractivity contribution in [3.8, 4) is 0 Å². The number of aryl methyl sites for hydroxylation is 1. The Morgan fingerprint density at radius 1 is 1.67 bits per heavy atom. The standard InChI is InChI=1S/C11H15NO3/c1-3-11(14)6-12(7-11)10(13)9-4-5-15-8(9)2/h4-5,14H,3,6-7H2,1-2H3. The van der Waals surface area contributed by atoms with Gasteiger partial charge in [0.2, 0.25) is 0 Å². The molecule has 2 rings (SSSR count). The minimum absolute atomic E-state index is 0.0561. The van der Waals surface area contributed by atoms with E-state index in [0.29, 0.717) is 30.8 Å². The van der Waals surface area contributed by atoms with E-state index >= 15 is 0 Å². The van der Waals surface area contributed by atoms with Gasteiger partial charge in [-0.25, -0.2) is 0 Å². The quantitative estimate of drug-likeness (QED) is 0.795. The zero-order valence-corrected chi connectivity index (χ0v) is 8.99. The van der Waals surface area contributed by atoms with Crippen LogP contribution in [-0.2, 0) is 0 Å². The SMILES string of the molecule is CCC1(O)CN(C(=O)c2ccoc2C)C1. The molecular weight excluding hydrogens is 194 g/mol. The minimum Gasteiger partial charge on any atom is -0.469 e. The van der Waals surface area contributed by atoms with Crippen LogP contribution in [0, 0.1) is 6.92 Å². The van der Waals surface area contributed by atoms with Gasteiger partial charge in [-0.05, 0) is 19.4 Å². The van der Waals surface area contributed by atoms with Gasteiger partial charge in [0.15, 0.2) is 0 Å². The molecule has 1 aliphatic heterocycles. The van der Waals surface area contributed by atoms with E-state index in [0.717, 1.165) is 0 Å². The highest BCUT2D eigenvalue weighted by Gasteiger charge is 2.42. The Bertz CT molecular complexity index is 377. The first-order chi connectivity index (χ1) is 7.06. The fourth-order valence-corrected chi connectivity index (χ4v) is 1.81. The molecule has 0 saturated carbocycles. The first kappa shape index (κ1) is 10.2. The van der Waals surface area contributed by atoms with Crippen molar-refractivity contribution >= 4 is 5.91 Å². The van der Waals surface area contributed by atoms with Gasteiger partial charge in [0.05, 0.1) is 30.5 Å². The normalized spacial score (nSPS) is 18.7. The first-order valence-electron chi connectivity index (χ1n) is 5.11. The largest absolute Gasteiger partial charge is 0.469 e. The maximum atomic E-state index is 11.9. The summed E-state index contributed by atoms with van der Waals surface area (Å²) < 4.78 is 5.07. The number of aliphatic hydroxyl groups is 1.